The maximum Gasteiger partial charge on any atom is 0.273 e. The van der Waals surface area contributed by atoms with Gasteiger partial charge in [0.1, 0.15) is 10.7 Å². The molecule has 1 fully saturated rings. The number of likely N-dealkylation sites (tertiary alicyclic amines) is 1. The fraction of sp³-hybridized carbons (Fsp3) is 0.636. The standard InChI is InChI=1S/C11H17N3OS2/c1-16-6-3-8(12)10-13-9(7-17-10)11(15)14-4-2-5-14/h7-8H,2-6,12H2,1H3. The molecule has 1 saturated heterocycles. The molecule has 2 N–H and O–H groups in total. The summed E-state index contributed by atoms with van der Waals surface area (Å²) in [6, 6.07) is -0.0367. The van der Waals surface area contributed by atoms with E-state index in [9.17, 15) is 4.79 Å². The van der Waals surface area contributed by atoms with Crippen molar-refractivity contribution in [3.63, 3.8) is 0 Å². The quantitative estimate of drug-likeness (QED) is 0.886. The monoisotopic (exact) mass is 271 g/mol. The molecule has 1 atom stereocenters. The van der Waals surface area contributed by atoms with Gasteiger partial charge in [0.2, 0.25) is 0 Å². The Morgan fingerprint density at radius 1 is 1.71 bits per heavy atom. The summed E-state index contributed by atoms with van der Waals surface area (Å²) in [4.78, 5) is 18.1. The highest BCUT2D eigenvalue weighted by Crippen LogP contribution is 2.22. The van der Waals surface area contributed by atoms with Gasteiger partial charge in [-0.05, 0) is 24.9 Å². The highest BCUT2D eigenvalue weighted by Gasteiger charge is 2.24. The van der Waals surface area contributed by atoms with Crippen molar-refractivity contribution in [1.82, 2.24) is 9.88 Å². The van der Waals surface area contributed by atoms with Gasteiger partial charge in [0, 0.05) is 18.5 Å². The van der Waals surface area contributed by atoms with E-state index in [0.29, 0.717) is 5.69 Å². The van der Waals surface area contributed by atoms with Crippen LogP contribution in [0.3, 0.4) is 0 Å². The van der Waals surface area contributed by atoms with Crippen molar-refractivity contribution >= 4 is 29.0 Å². The number of amides is 1. The molecule has 94 valence electrons. The number of carbonyl (C=O) groups is 1. The predicted molar refractivity (Wildman–Crippen MR) is 72.6 cm³/mol. The SMILES string of the molecule is CSCCC(N)c1nc(C(=O)N2CCC2)cs1. The van der Waals surface area contributed by atoms with E-state index < -0.39 is 0 Å². The molecule has 2 heterocycles. The van der Waals surface area contributed by atoms with Crippen molar-refractivity contribution in [2.75, 3.05) is 25.1 Å². The zero-order chi connectivity index (χ0) is 12.3. The van der Waals surface area contributed by atoms with Crippen molar-refractivity contribution in [2.24, 2.45) is 5.73 Å². The van der Waals surface area contributed by atoms with E-state index in [4.69, 9.17) is 5.73 Å². The van der Waals surface area contributed by atoms with Gasteiger partial charge in [-0.2, -0.15) is 11.8 Å². The molecule has 0 aromatic carbocycles. The maximum atomic E-state index is 11.9. The molecule has 1 aromatic heterocycles. The molecule has 0 spiro atoms. The Labute approximate surface area is 110 Å². The van der Waals surface area contributed by atoms with Gasteiger partial charge in [-0.15, -0.1) is 11.3 Å². The van der Waals surface area contributed by atoms with Gasteiger partial charge in [0.05, 0.1) is 6.04 Å². The topological polar surface area (TPSA) is 59.2 Å². The van der Waals surface area contributed by atoms with E-state index in [1.807, 2.05) is 10.3 Å². The van der Waals surface area contributed by atoms with Gasteiger partial charge in [-0.25, -0.2) is 4.98 Å². The van der Waals surface area contributed by atoms with Gasteiger partial charge in [0.25, 0.3) is 5.91 Å². The lowest BCUT2D eigenvalue weighted by molar-refractivity contribution is 0.0646. The van der Waals surface area contributed by atoms with Crippen LogP contribution in [-0.4, -0.2) is 40.9 Å². The number of nitrogens with two attached hydrogens (primary N) is 1. The minimum atomic E-state index is -0.0367. The summed E-state index contributed by atoms with van der Waals surface area (Å²) < 4.78 is 0. The maximum absolute atomic E-state index is 11.9. The lowest BCUT2D eigenvalue weighted by Crippen LogP contribution is -2.42. The summed E-state index contributed by atoms with van der Waals surface area (Å²) in [6.45, 7) is 1.73. The molecule has 1 unspecified atom stereocenters. The Bertz CT molecular complexity index is 390. The molecule has 1 aromatic rings. The third kappa shape index (κ3) is 3.00. The number of rotatable bonds is 5. The van der Waals surface area contributed by atoms with Crippen molar-refractivity contribution in [1.29, 1.82) is 0 Å². The highest BCUT2D eigenvalue weighted by molar-refractivity contribution is 7.98. The number of aromatic nitrogens is 1. The zero-order valence-corrected chi connectivity index (χ0v) is 11.5. The largest absolute Gasteiger partial charge is 0.337 e. The molecule has 0 saturated carbocycles. The molecular formula is C11H17N3OS2. The summed E-state index contributed by atoms with van der Waals surface area (Å²) in [5.74, 6) is 1.08. The first-order chi connectivity index (χ1) is 8.22. The first-order valence-electron chi connectivity index (χ1n) is 5.71. The van der Waals surface area contributed by atoms with Crippen LogP contribution >= 0.6 is 23.1 Å². The molecule has 0 radical (unpaired) electrons. The van der Waals surface area contributed by atoms with E-state index in [1.165, 1.54) is 11.3 Å². The summed E-state index contributed by atoms with van der Waals surface area (Å²) in [5, 5.41) is 2.71. The Kier molecular flexibility index (Phi) is 4.42. The Hall–Kier alpha value is -0.590. The van der Waals surface area contributed by atoms with E-state index in [2.05, 4.69) is 11.2 Å². The second-order valence-electron chi connectivity index (χ2n) is 4.10. The summed E-state index contributed by atoms with van der Waals surface area (Å²) >= 11 is 3.27. The first kappa shape index (κ1) is 12.9. The lowest BCUT2D eigenvalue weighted by Gasteiger charge is -2.30. The average molecular weight is 271 g/mol. The minimum Gasteiger partial charge on any atom is -0.337 e. The van der Waals surface area contributed by atoms with Crippen LogP contribution in [0.4, 0.5) is 0 Å². The van der Waals surface area contributed by atoms with Crippen molar-refractivity contribution in [3.8, 4) is 0 Å². The molecule has 4 nitrogen and oxygen atoms in total. The molecule has 17 heavy (non-hydrogen) atoms. The number of thiazole rings is 1. The van der Waals surface area contributed by atoms with Gasteiger partial charge in [-0.3, -0.25) is 4.79 Å². The summed E-state index contributed by atoms with van der Waals surface area (Å²) in [7, 11) is 0. The van der Waals surface area contributed by atoms with E-state index in [1.54, 1.807) is 11.8 Å². The van der Waals surface area contributed by atoms with Gasteiger partial charge >= 0.3 is 0 Å². The lowest BCUT2D eigenvalue weighted by atomic mass is 10.2. The Morgan fingerprint density at radius 3 is 3.06 bits per heavy atom. The molecule has 0 aliphatic carbocycles. The molecule has 6 heteroatoms. The fourth-order valence-electron chi connectivity index (χ4n) is 1.61. The second kappa shape index (κ2) is 5.84. The van der Waals surface area contributed by atoms with Crippen LogP contribution in [0, 0.1) is 0 Å². The number of thioether (sulfide) groups is 1. The smallest absolute Gasteiger partial charge is 0.273 e. The second-order valence-corrected chi connectivity index (χ2v) is 5.98. The Balaban J connectivity index is 1.97. The van der Waals surface area contributed by atoms with Crippen LogP contribution in [0.25, 0.3) is 0 Å². The summed E-state index contributed by atoms with van der Waals surface area (Å²) in [6.07, 6.45) is 4.08. The van der Waals surface area contributed by atoms with Crippen LogP contribution < -0.4 is 5.73 Å². The number of carbonyl (C=O) groups excluding carboxylic acids is 1. The molecule has 1 amide bonds. The van der Waals surface area contributed by atoms with Crippen LogP contribution in [0.1, 0.15) is 34.4 Å². The molecule has 2 rings (SSSR count). The zero-order valence-electron chi connectivity index (χ0n) is 9.89. The van der Waals surface area contributed by atoms with Crippen LogP contribution in [0.15, 0.2) is 5.38 Å². The van der Waals surface area contributed by atoms with E-state index >= 15 is 0 Å². The average Bonchev–Trinajstić information content (AvgIpc) is 2.72. The van der Waals surface area contributed by atoms with Crippen LogP contribution in [-0.2, 0) is 0 Å². The van der Waals surface area contributed by atoms with Crippen molar-refractivity contribution < 1.29 is 4.79 Å². The Morgan fingerprint density at radius 2 is 2.47 bits per heavy atom. The normalized spacial score (nSPS) is 16.7. The van der Waals surface area contributed by atoms with Crippen molar-refractivity contribution in [2.45, 2.75) is 18.9 Å². The molecule has 1 aliphatic heterocycles. The number of hydrogen-bond acceptors (Lipinski definition) is 5. The molecule has 0 bridgehead atoms. The van der Waals surface area contributed by atoms with Gasteiger partial charge in [-0.1, -0.05) is 0 Å². The number of hydrogen-bond donors (Lipinski definition) is 1. The van der Waals surface area contributed by atoms with E-state index in [-0.39, 0.29) is 11.9 Å². The molecular weight excluding hydrogens is 254 g/mol. The van der Waals surface area contributed by atoms with Crippen LogP contribution in [0.2, 0.25) is 0 Å². The third-order valence-electron chi connectivity index (χ3n) is 2.83. The fourth-order valence-corrected chi connectivity index (χ4v) is 2.92. The van der Waals surface area contributed by atoms with Crippen LogP contribution in [0.5, 0.6) is 0 Å². The minimum absolute atomic E-state index is 0.0367. The predicted octanol–water partition coefficient (Wildman–Crippen LogP) is 1.74. The first-order valence-corrected chi connectivity index (χ1v) is 7.99. The van der Waals surface area contributed by atoms with Gasteiger partial charge in [0.15, 0.2) is 0 Å². The summed E-state index contributed by atoms with van der Waals surface area (Å²) in [5.41, 5.74) is 6.59. The van der Waals surface area contributed by atoms with E-state index in [0.717, 1.165) is 36.7 Å². The third-order valence-corrected chi connectivity index (χ3v) is 4.46. The number of nitrogens with zero attached hydrogens (tertiary/aromatic N) is 2. The van der Waals surface area contributed by atoms with Gasteiger partial charge < -0.3 is 10.6 Å². The highest BCUT2D eigenvalue weighted by atomic mass is 32.2. The van der Waals surface area contributed by atoms with Crippen molar-refractivity contribution in [3.05, 3.63) is 16.1 Å². The molecule has 1 aliphatic rings.